The van der Waals surface area contributed by atoms with Crippen molar-refractivity contribution in [3.8, 4) is 0 Å². The lowest BCUT2D eigenvalue weighted by molar-refractivity contribution is -0.133. The van der Waals surface area contributed by atoms with E-state index < -0.39 is 27.0 Å². The Bertz CT molecular complexity index is 633. The molecule has 1 saturated carbocycles. The first-order valence-electron chi connectivity index (χ1n) is 7.09. The summed E-state index contributed by atoms with van der Waals surface area (Å²) < 4.78 is 64.8. The number of allylic oxidation sites excluding steroid dienone is 2. The highest BCUT2D eigenvalue weighted by atomic mass is 32.2. The fourth-order valence-corrected chi connectivity index (χ4v) is 4.03. The topological polar surface area (TPSA) is 60.4 Å². The van der Waals surface area contributed by atoms with Gasteiger partial charge in [-0.15, -0.1) is 0 Å². The summed E-state index contributed by atoms with van der Waals surface area (Å²) in [5.41, 5.74) is -6.13. The molecule has 2 bridgehead atoms. The quantitative estimate of drug-likeness (QED) is 0.584. The van der Waals surface area contributed by atoms with Crippen LogP contribution in [0.15, 0.2) is 11.3 Å². The fourth-order valence-electron chi connectivity index (χ4n) is 3.47. The number of Topliss-reactive ketones (excluding diaryl/α,β-unsaturated/α-hetero) is 1. The van der Waals surface area contributed by atoms with Crippen LogP contribution in [0.5, 0.6) is 0 Å². The highest BCUT2D eigenvalue weighted by Crippen LogP contribution is 2.56. The molecule has 0 aromatic rings. The van der Waals surface area contributed by atoms with Gasteiger partial charge in [-0.25, -0.2) is 0 Å². The largest absolute Gasteiger partial charge is 0.534 e. The van der Waals surface area contributed by atoms with E-state index in [9.17, 15) is 26.4 Å². The molecule has 0 spiro atoms. The second-order valence-corrected chi connectivity index (χ2v) is 8.13. The van der Waals surface area contributed by atoms with Gasteiger partial charge in [0.05, 0.1) is 11.3 Å². The van der Waals surface area contributed by atoms with Crippen molar-refractivity contribution in [1.29, 1.82) is 0 Å². The maximum Gasteiger partial charge on any atom is 0.534 e. The average molecular weight is 340 g/mol. The molecule has 126 valence electrons. The molecule has 3 unspecified atom stereocenters. The normalized spacial score (nSPS) is 32.8. The highest BCUT2D eigenvalue weighted by Gasteiger charge is 2.59. The molecule has 0 heterocycles. The molecule has 2 rings (SSSR count). The summed E-state index contributed by atoms with van der Waals surface area (Å²) in [7, 11) is -5.76. The Morgan fingerprint density at radius 1 is 1.32 bits per heavy atom. The molecule has 2 aliphatic rings. The van der Waals surface area contributed by atoms with E-state index in [1.807, 2.05) is 13.8 Å². The average Bonchev–Trinajstić information content (AvgIpc) is 2.47. The van der Waals surface area contributed by atoms with Gasteiger partial charge in [-0.05, 0) is 44.1 Å². The molecular weight excluding hydrogens is 321 g/mol. The van der Waals surface area contributed by atoms with Gasteiger partial charge < -0.3 is 4.18 Å². The molecular formula is C14H19F3O4S. The fraction of sp³-hybridized carbons (Fsp3) is 0.786. The van der Waals surface area contributed by atoms with Gasteiger partial charge in [-0.3, -0.25) is 4.79 Å². The number of ketones is 1. The highest BCUT2D eigenvalue weighted by molar-refractivity contribution is 7.87. The second kappa shape index (κ2) is 4.97. The van der Waals surface area contributed by atoms with Crippen LogP contribution in [0.4, 0.5) is 13.2 Å². The monoisotopic (exact) mass is 340 g/mol. The third kappa shape index (κ3) is 2.35. The zero-order valence-electron chi connectivity index (χ0n) is 12.8. The van der Waals surface area contributed by atoms with Crippen molar-refractivity contribution < 1.29 is 30.6 Å². The molecule has 0 amide bonds. The van der Waals surface area contributed by atoms with Gasteiger partial charge >= 0.3 is 15.6 Å². The van der Waals surface area contributed by atoms with Crippen molar-refractivity contribution >= 4 is 15.9 Å². The van der Waals surface area contributed by atoms with E-state index in [0.29, 0.717) is 18.4 Å². The predicted octanol–water partition coefficient (Wildman–Crippen LogP) is 3.40. The third-order valence-corrected chi connectivity index (χ3v) is 6.02. The number of halogens is 3. The molecule has 0 aromatic carbocycles. The van der Waals surface area contributed by atoms with Crippen LogP contribution in [0.2, 0.25) is 0 Å². The first kappa shape index (κ1) is 17.3. The molecule has 22 heavy (non-hydrogen) atoms. The van der Waals surface area contributed by atoms with Crippen molar-refractivity contribution in [2.24, 2.45) is 23.2 Å². The molecule has 3 atom stereocenters. The SMILES string of the molecule is CC1=C(OS(=O)(=O)C(F)(F)F)C2C(=O)C1(C)CCC2C(C)C. The van der Waals surface area contributed by atoms with Crippen molar-refractivity contribution in [2.45, 2.75) is 46.0 Å². The van der Waals surface area contributed by atoms with Crippen molar-refractivity contribution in [1.82, 2.24) is 0 Å². The third-order valence-electron chi connectivity index (χ3n) is 5.05. The Morgan fingerprint density at radius 3 is 2.32 bits per heavy atom. The number of rotatable bonds is 3. The maximum atomic E-state index is 12.6. The van der Waals surface area contributed by atoms with E-state index in [0.717, 1.165) is 0 Å². The van der Waals surface area contributed by atoms with Crippen molar-refractivity contribution in [2.75, 3.05) is 0 Å². The predicted molar refractivity (Wildman–Crippen MR) is 72.9 cm³/mol. The molecule has 4 nitrogen and oxygen atoms in total. The molecule has 1 fully saturated rings. The second-order valence-electron chi connectivity index (χ2n) is 6.59. The van der Waals surface area contributed by atoms with Gasteiger partial charge in [0.15, 0.2) is 5.78 Å². The Balaban J connectivity index is 2.50. The van der Waals surface area contributed by atoms with E-state index in [1.165, 1.54) is 6.92 Å². The van der Waals surface area contributed by atoms with E-state index in [4.69, 9.17) is 0 Å². The number of hydrogen-bond acceptors (Lipinski definition) is 4. The lowest BCUT2D eigenvalue weighted by Crippen LogP contribution is -2.39. The van der Waals surface area contributed by atoms with Crippen LogP contribution in [0.25, 0.3) is 0 Å². The minimum Gasteiger partial charge on any atom is -0.380 e. The van der Waals surface area contributed by atoms with Gasteiger partial charge in [-0.2, -0.15) is 21.6 Å². The van der Waals surface area contributed by atoms with Crippen molar-refractivity contribution in [3.63, 3.8) is 0 Å². The summed E-state index contributed by atoms with van der Waals surface area (Å²) in [6.07, 6.45) is 1.15. The van der Waals surface area contributed by atoms with Gasteiger partial charge in [-0.1, -0.05) is 13.8 Å². The van der Waals surface area contributed by atoms with Crippen LogP contribution >= 0.6 is 0 Å². The maximum absolute atomic E-state index is 12.6. The first-order chi connectivity index (χ1) is 9.83. The van der Waals surface area contributed by atoms with Crippen LogP contribution in [0.3, 0.4) is 0 Å². The van der Waals surface area contributed by atoms with E-state index in [1.54, 1.807) is 6.92 Å². The Labute approximate surface area is 127 Å². The Kier molecular flexibility index (Phi) is 3.91. The summed E-state index contributed by atoms with van der Waals surface area (Å²) in [6.45, 7) is 6.86. The minimum atomic E-state index is -5.76. The lowest BCUT2D eigenvalue weighted by Gasteiger charge is -2.36. The first-order valence-corrected chi connectivity index (χ1v) is 8.50. The standard InChI is InChI=1S/C14H19F3O4S/c1-7(2)9-5-6-13(4)8(3)11(10(9)12(13)18)21-22(19,20)14(15,16)17/h7,9-10H,5-6H2,1-4H3. The summed E-state index contributed by atoms with van der Waals surface area (Å²) in [5.74, 6) is -1.63. The molecule has 8 heteroatoms. The molecule has 2 aliphatic carbocycles. The van der Waals surface area contributed by atoms with Crippen LogP contribution in [-0.4, -0.2) is 19.7 Å². The van der Waals surface area contributed by atoms with E-state index in [2.05, 4.69) is 4.18 Å². The Hall–Kier alpha value is -1.05. The summed E-state index contributed by atoms with van der Waals surface area (Å²) >= 11 is 0. The van der Waals surface area contributed by atoms with E-state index in [-0.39, 0.29) is 23.4 Å². The lowest BCUT2D eigenvalue weighted by atomic mass is 9.66. The number of carbonyl (C=O) groups excluding carboxylic acids is 1. The molecule has 0 saturated heterocycles. The number of carbonyl (C=O) groups is 1. The minimum absolute atomic E-state index is 0.0385. The molecule has 0 aliphatic heterocycles. The van der Waals surface area contributed by atoms with Gasteiger partial charge in [0.2, 0.25) is 0 Å². The number of hydrogen-bond donors (Lipinski definition) is 0. The molecule has 0 N–H and O–H groups in total. The Morgan fingerprint density at radius 2 is 1.86 bits per heavy atom. The summed E-state index contributed by atoms with van der Waals surface area (Å²) in [6, 6.07) is 0. The van der Waals surface area contributed by atoms with Crippen molar-refractivity contribution in [3.05, 3.63) is 11.3 Å². The zero-order chi connectivity index (χ0) is 17.1. The summed E-state index contributed by atoms with van der Waals surface area (Å²) in [5, 5.41) is 0. The number of fused-ring (bicyclic) bond motifs is 2. The van der Waals surface area contributed by atoms with Crippen LogP contribution in [0, 0.1) is 23.2 Å². The molecule has 0 radical (unpaired) electrons. The van der Waals surface area contributed by atoms with Crippen LogP contribution in [0.1, 0.15) is 40.5 Å². The number of alkyl halides is 3. The van der Waals surface area contributed by atoms with Crippen LogP contribution < -0.4 is 0 Å². The smallest absolute Gasteiger partial charge is 0.380 e. The van der Waals surface area contributed by atoms with Gasteiger partial charge in [0.1, 0.15) is 5.76 Å². The zero-order valence-corrected chi connectivity index (χ0v) is 13.6. The van der Waals surface area contributed by atoms with Gasteiger partial charge in [0, 0.05) is 0 Å². The van der Waals surface area contributed by atoms with Crippen LogP contribution in [-0.2, 0) is 19.1 Å². The molecule has 0 aromatic heterocycles. The van der Waals surface area contributed by atoms with E-state index >= 15 is 0 Å². The summed E-state index contributed by atoms with van der Waals surface area (Å²) in [4.78, 5) is 12.6. The van der Waals surface area contributed by atoms with Gasteiger partial charge in [0.25, 0.3) is 0 Å².